The number of carbonyl (C=O) groups excluding carboxylic acids is 1. The summed E-state index contributed by atoms with van der Waals surface area (Å²) in [6.07, 6.45) is 23.1. The number of nitrogens with one attached hydrogen (secondary N) is 1. The fraction of sp³-hybridized carbons (Fsp3) is 0.964. The van der Waals surface area contributed by atoms with Crippen molar-refractivity contribution in [2.24, 2.45) is 0 Å². The Hall–Kier alpha value is -0.460. The Morgan fingerprint density at radius 2 is 1.31 bits per heavy atom. The summed E-state index contributed by atoms with van der Waals surface area (Å²) < 4.78 is 28.1. The molecule has 0 saturated carbocycles. The highest BCUT2D eigenvalue weighted by Crippen LogP contribution is 2.41. The Morgan fingerprint density at radius 3 is 1.81 bits per heavy atom. The largest absolute Gasteiger partial charge is 0.460 e. The van der Waals surface area contributed by atoms with Crippen LogP contribution in [0, 0.1) is 0 Å². The summed E-state index contributed by atoms with van der Waals surface area (Å²) >= 11 is 0. The van der Waals surface area contributed by atoms with Gasteiger partial charge in [0.05, 0.1) is 39.0 Å². The Morgan fingerprint density at radius 1 is 0.806 bits per heavy atom. The van der Waals surface area contributed by atoms with Gasteiger partial charge in [-0.1, -0.05) is 103 Å². The molecule has 0 aromatic heterocycles. The molecule has 1 rings (SSSR count). The molecule has 0 aromatic rings. The number of likely N-dealkylation sites (tertiary alicyclic amines) is 1. The molecule has 1 saturated heterocycles. The summed E-state index contributed by atoms with van der Waals surface area (Å²) in [5.41, 5.74) is 0. The third-order valence-corrected chi connectivity index (χ3v) is 8.56. The average molecular weight is 535 g/mol. The maximum Gasteiger partial charge on any atom is 0.333 e. The van der Waals surface area contributed by atoms with Gasteiger partial charge >= 0.3 is 7.60 Å². The Labute approximate surface area is 221 Å². The molecular formula is C28H57NO6P+. The highest BCUT2D eigenvalue weighted by Gasteiger charge is 2.26. The van der Waals surface area contributed by atoms with Gasteiger partial charge in [-0.25, -0.2) is 0 Å². The molecule has 2 unspecified atom stereocenters. The third kappa shape index (κ3) is 20.6. The summed E-state index contributed by atoms with van der Waals surface area (Å²) in [4.78, 5) is 22.2. The summed E-state index contributed by atoms with van der Waals surface area (Å²) in [6.45, 7) is 6.07. The molecule has 0 aromatic carbocycles. The predicted octanol–water partition coefficient (Wildman–Crippen LogP) is 5.69. The average Bonchev–Trinajstić information content (AvgIpc) is 3.39. The SMILES string of the molecule is CCCCCCCCCCCCCCCCCCOCC(COP(=O)(O)CC[NH+]1CCCC1)OC=O. The Kier molecular flexibility index (Phi) is 22.0. The van der Waals surface area contributed by atoms with Crippen LogP contribution in [0.15, 0.2) is 0 Å². The zero-order chi connectivity index (χ0) is 26.2. The van der Waals surface area contributed by atoms with Gasteiger partial charge in [0.1, 0.15) is 6.10 Å². The van der Waals surface area contributed by atoms with Crippen molar-refractivity contribution in [1.82, 2.24) is 0 Å². The summed E-state index contributed by atoms with van der Waals surface area (Å²) in [7, 11) is -3.67. The van der Waals surface area contributed by atoms with Crippen LogP contribution < -0.4 is 4.90 Å². The highest BCUT2D eigenvalue weighted by molar-refractivity contribution is 7.52. The van der Waals surface area contributed by atoms with E-state index >= 15 is 0 Å². The lowest BCUT2D eigenvalue weighted by Gasteiger charge is -2.19. The van der Waals surface area contributed by atoms with E-state index in [1.54, 1.807) is 0 Å². The van der Waals surface area contributed by atoms with Crippen molar-refractivity contribution in [2.45, 2.75) is 129 Å². The number of quaternary nitrogens is 1. The van der Waals surface area contributed by atoms with Crippen molar-refractivity contribution in [1.29, 1.82) is 0 Å². The quantitative estimate of drug-likeness (QED) is 0.0800. The van der Waals surface area contributed by atoms with E-state index in [1.165, 1.54) is 108 Å². The molecule has 0 aliphatic carbocycles. The number of hydrogen-bond donors (Lipinski definition) is 2. The molecule has 36 heavy (non-hydrogen) atoms. The summed E-state index contributed by atoms with van der Waals surface area (Å²) in [5, 5.41) is 0. The van der Waals surface area contributed by atoms with Crippen LogP contribution in [-0.2, 0) is 23.4 Å². The van der Waals surface area contributed by atoms with Gasteiger partial charge in [0.2, 0.25) is 0 Å². The van der Waals surface area contributed by atoms with Gasteiger partial charge in [0.15, 0.2) is 0 Å². The van der Waals surface area contributed by atoms with Crippen LogP contribution in [0.3, 0.4) is 0 Å². The van der Waals surface area contributed by atoms with Gasteiger partial charge < -0.3 is 23.8 Å². The molecule has 2 atom stereocenters. The molecule has 0 bridgehead atoms. The molecule has 7 nitrogen and oxygen atoms in total. The van der Waals surface area contributed by atoms with E-state index in [1.807, 2.05) is 0 Å². The van der Waals surface area contributed by atoms with E-state index in [4.69, 9.17) is 14.0 Å². The number of carbonyl (C=O) groups is 1. The van der Waals surface area contributed by atoms with Crippen molar-refractivity contribution < 1.29 is 33.2 Å². The highest BCUT2D eigenvalue weighted by atomic mass is 31.2. The van der Waals surface area contributed by atoms with Crippen LogP contribution in [0.5, 0.6) is 0 Å². The molecular weight excluding hydrogens is 477 g/mol. The molecule has 0 amide bonds. The van der Waals surface area contributed by atoms with Crippen LogP contribution in [0.25, 0.3) is 0 Å². The lowest BCUT2D eigenvalue weighted by Crippen LogP contribution is -3.10. The van der Waals surface area contributed by atoms with Gasteiger partial charge in [0, 0.05) is 19.4 Å². The van der Waals surface area contributed by atoms with Crippen molar-refractivity contribution in [3.63, 3.8) is 0 Å². The van der Waals surface area contributed by atoms with Crippen LogP contribution >= 0.6 is 7.60 Å². The van der Waals surface area contributed by atoms with Crippen LogP contribution in [-0.4, -0.2) is 63.1 Å². The predicted molar refractivity (Wildman–Crippen MR) is 147 cm³/mol. The van der Waals surface area contributed by atoms with E-state index in [-0.39, 0.29) is 19.4 Å². The monoisotopic (exact) mass is 534 g/mol. The van der Waals surface area contributed by atoms with Crippen molar-refractivity contribution in [3.05, 3.63) is 0 Å². The first-order chi connectivity index (χ1) is 17.6. The van der Waals surface area contributed by atoms with E-state index in [0.717, 1.165) is 25.9 Å². The molecule has 2 N–H and O–H groups in total. The van der Waals surface area contributed by atoms with Crippen LogP contribution in [0.1, 0.15) is 122 Å². The van der Waals surface area contributed by atoms with Crippen molar-refractivity contribution in [3.8, 4) is 0 Å². The molecule has 1 aliphatic heterocycles. The Bertz CT molecular complexity index is 544. The van der Waals surface area contributed by atoms with Crippen LogP contribution in [0.4, 0.5) is 0 Å². The van der Waals surface area contributed by atoms with Gasteiger partial charge in [-0.15, -0.1) is 0 Å². The van der Waals surface area contributed by atoms with Crippen LogP contribution in [0.2, 0.25) is 0 Å². The fourth-order valence-corrected chi connectivity index (χ4v) is 5.99. The lowest BCUT2D eigenvalue weighted by molar-refractivity contribution is -0.884. The maximum absolute atomic E-state index is 12.3. The van der Waals surface area contributed by atoms with Gasteiger partial charge in [-0.3, -0.25) is 9.36 Å². The molecule has 0 spiro atoms. The molecule has 8 heteroatoms. The normalized spacial score (nSPS) is 16.7. The van der Waals surface area contributed by atoms with E-state index in [9.17, 15) is 14.3 Å². The molecule has 214 valence electrons. The first-order valence-electron chi connectivity index (χ1n) is 15.0. The van der Waals surface area contributed by atoms with Gasteiger partial charge in [-0.2, -0.15) is 0 Å². The lowest BCUT2D eigenvalue weighted by atomic mass is 10.0. The number of hydrogen-bond acceptors (Lipinski definition) is 5. The first kappa shape index (κ1) is 33.6. The molecule has 1 fully saturated rings. The minimum Gasteiger partial charge on any atom is -0.460 e. The molecule has 0 radical (unpaired) electrons. The number of ether oxygens (including phenoxy) is 2. The molecule has 1 aliphatic rings. The summed E-state index contributed by atoms with van der Waals surface area (Å²) in [5.74, 6) is 0. The number of rotatable bonds is 27. The van der Waals surface area contributed by atoms with E-state index in [0.29, 0.717) is 19.6 Å². The minimum absolute atomic E-state index is 0.110. The zero-order valence-electron chi connectivity index (χ0n) is 23.3. The standard InChI is InChI=1S/C28H56NO6P/c1-2-3-4-5-6-7-8-9-10-11-12-13-14-15-16-19-23-33-25-28(34-27-30)26-35-36(31,32)24-22-29-20-17-18-21-29/h27-28H,2-26H2,1H3,(H,31,32)/p+1. The minimum atomic E-state index is -3.67. The third-order valence-electron chi connectivity index (χ3n) is 7.21. The van der Waals surface area contributed by atoms with E-state index in [2.05, 4.69) is 6.92 Å². The second-order valence-electron chi connectivity index (χ2n) is 10.6. The topological polar surface area (TPSA) is 86.5 Å². The summed E-state index contributed by atoms with van der Waals surface area (Å²) in [6, 6.07) is 0. The number of unbranched alkanes of at least 4 members (excludes halogenated alkanes) is 15. The zero-order valence-corrected chi connectivity index (χ0v) is 24.2. The Balaban J connectivity index is 1.90. The fourth-order valence-electron chi connectivity index (χ4n) is 4.86. The van der Waals surface area contributed by atoms with E-state index < -0.39 is 13.7 Å². The first-order valence-corrected chi connectivity index (χ1v) is 16.8. The second kappa shape index (κ2) is 23.6. The maximum atomic E-state index is 12.3. The van der Waals surface area contributed by atoms with Gasteiger partial charge in [0.25, 0.3) is 6.47 Å². The second-order valence-corrected chi connectivity index (χ2v) is 12.6. The van der Waals surface area contributed by atoms with Crippen molar-refractivity contribution >= 4 is 14.1 Å². The molecule has 1 heterocycles. The van der Waals surface area contributed by atoms with Crippen molar-refractivity contribution in [2.75, 3.05) is 45.6 Å². The van der Waals surface area contributed by atoms with Gasteiger partial charge in [-0.05, 0) is 6.42 Å². The smallest absolute Gasteiger partial charge is 0.333 e.